The standard InChI is InChI=1S/C12H10ClN3O/c1-16-12(11(7-15-16)14-8-17)6-9-3-2-4-10(13)5-9/h2-5,7H,6H2,1H3. The first-order valence-electron chi connectivity index (χ1n) is 5.04. The normalized spacial score (nSPS) is 10.0. The molecule has 2 rings (SSSR count). The highest BCUT2D eigenvalue weighted by molar-refractivity contribution is 6.30. The van der Waals surface area contributed by atoms with Crippen LogP contribution in [0.2, 0.25) is 5.02 Å². The average Bonchev–Trinajstić information content (AvgIpc) is 2.62. The number of nitrogens with zero attached hydrogens (tertiary/aromatic N) is 3. The molecule has 17 heavy (non-hydrogen) atoms. The second-order valence-corrected chi connectivity index (χ2v) is 4.05. The Bertz CT molecular complexity index is 585. The van der Waals surface area contributed by atoms with Gasteiger partial charge in [0.25, 0.3) is 0 Å². The number of halogens is 1. The van der Waals surface area contributed by atoms with Gasteiger partial charge in [-0.25, -0.2) is 4.79 Å². The maximum absolute atomic E-state index is 10.3. The fourth-order valence-corrected chi connectivity index (χ4v) is 1.85. The molecule has 0 spiro atoms. The molecule has 86 valence electrons. The van der Waals surface area contributed by atoms with Crippen LogP contribution >= 0.6 is 11.6 Å². The molecule has 0 amide bonds. The van der Waals surface area contributed by atoms with Crippen molar-refractivity contribution in [1.82, 2.24) is 9.78 Å². The summed E-state index contributed by atoms with van der Waals surface area (Å²) in [5.41, 5.74) is 2.45. The highest BCUT2D eigenvalue weighted by Crippen LogP contribution is 2.22. The summed E-state index contributed by atoms with van der Waals surface area (Å²) >= 11 is 5.92. The highest BCUT2D eigenvalue weighted by Gasteiger charge is 2.08. The lowest BCUT2D eigenvalue weighted by Gasteiger charge is -2.03. The Morgan fingerprint density at radius 2 is 2.35 bits per heavy atom. The van der Waals surface area contributed by atoms with E-state index in [-0.39, 0.29) is 0 Å². The predicted molar refractivity (Wildman–Crippen MR) is 65.2 cm³/mol. The molecule has 0 radical (unpaired) electrons. The summed E-state index contributed by atoms with van der Waals surface area (Å²) in [6.45, 7) is 0. The lowest BCUT2D eigenvalue weighted by atomic mass is 10.1. The predicted octanol–water partition coefficient (Wildman–Crippen LogP) is 2.63. The van der Waals surface area contributed by atoms with E-state index in [1.54, 1.807) is 10.9 Å². The maximum atomic E-state index is 10.3. The molecule has 4 nitrogen and oxygen atoms in total. The van der Waals surface area contributed by atoms with Gasteiger partial charge in [-0.05, 0) is 17.7 Å². The summed E-state index contributed by atoms with van der Waals surface area (Å²) in [5, 5.41) is 4.75. The van der Waals surface area contributed by atoms with Gasteiger partial charge in [0.1, 0.15) is 5.69 Å². The van der Waals surface area contributed by atoms with Gasteiger partial charge in [0.05, 0.1) is 11.9 Å². The van der Waals surface area contributed by atoms with Gasteiger partial charge >= 0.3 is 0 Å². The molecule has 0 saturated heterocycles. The molecule has 1 heterocycles. The molecule has 0 saturated carbocycles. The zero-order valence-electron chi connectivity index (χ0n) is 9.22. The van der Waals surface area contributed by atoms with Crippen molar-refractivity contribution >= 4 is 23.4 Å². The molecule has 0 aliphatic carbocycles. The zero-order chi connectivity index (χ0) is 12.3. The third-order valence-electron chi connectivity index (χ3n) is 2.47. The van der Waals surface area contributed by atoms with Crippen LogP contribution in [0.25, 0.3) is 0 Å². The van der Waals surface area contributed by atoms with Gasteiger partial charge in [-0.15, -0.1) is 0 Å². The highest BCUT2D eigenvalue weighted by atomic mass is 35.5. The SMILES string of the molecule is Cn1ncc(N=C=O)c1Cc1cccc(Cl)c1. The maximum Gasteiger partial charge on any atom is 0.240 e. The lowest BCUT2D eigenvalue weighted by Crippen LogP contribution is -1.99. The molecule has 2 aromatic rings. The van der Waals surface area contributed by atoms with Crippen LogP contribution in [0.5, 0.6) is 0 Å². The van der Waals surface area contributed by atoms with Crippen molar-refractivity contribution in [2.24, 2.45) is 12.0 Å². The topological polar surface area (TPSA) is 47.2 Å². The van der Waals surface area contributed by atoms with Crippen molar-refractivity contribution in [3.8, 4) is 0 Å². The van der Waals surface area contributed by atoms with Gasteiger partial charge in [-0.1, -0.05) is 23.7 Å². The Morgan fingerprint density at radius 1 is 1.53 bits per heavy atom. The molecule has 0 N–H and O–H groups in total. The van der Waals surface area contributed by atoms with E-state index in [4.69, 9.17) is 11.6 Å². The molecule has 0 fully saturated rings. The van der Waals surface area contributed by atoms with Crippen molar-refractivity contribution in [1.29, 1.82) is 0 Å². The second-order valence-electron chi connectivity index (χ2n) is 3.61. The van der Waals surface area contributed by atoms with E-state index < -0.39 is 0 Å². The van der Waals surface area contributed by atoms with Crippen LogP contribution in [-0.4, -0.2) is 15.9 Å². The van der Waals surface area contributed by atoms with Crippen molar-refractivity contribution < 1.29 is 4.79 Å². The Morgan fingerprint density at radius 3 is 3.06 bits per heavy atom. The Balaban J connectivity index is 2.35. The van der Waals surface area contributed by atoms with E-state index in [9.17, 15) is 4.79 Å². The fraction of sp³-hybridized carbons (Fsp3) is 0.167. The van der Waals surface area contributed by atoms with E-state index in [1.807, 2.05) is 31.3 Å². The number of hydrogen-bond donors (Lipinski definition) is 0. The number of hydrogen-bond acceptors (Lipinski definition) is 3. The van der Waals surface area contributed by atoms with Crippen LogP contribution in [0.3, 0.4) is 0 Å². The lowest BCUT2D eigenvalue weighted by molar-refractivity contribution is 0.565. The number of aryl methyl sites for hydroxylation is 1. The van der Waals surface area contributed by atoms with Gasteiger partial charge in [0.15, 0.2) is 0 Å². The monoisotopic (exact) mass is 247 g/mol. The number of aromatic nitrogens is 2. The van der Waals surface area contributed by atoms with Crippen LogP contribution < -0.4 is 0 Å². The van der Waals surface area contributed by atoms with E-state index in [2.05, 4.69) is 10.1 Å². The first-order valence-corrected chi connectivity index (χ1v) is 5.41. The quantitative estimate of drug-likeness (QED) is 0.618. The van der Waals surface area contributed by atoms with E-state index in [0.29, 0.717) is 17.1 Å². The molecule has 0 bridgehead atoms. The molecule has 1 aromatic carbocycles. The van der Waals surface area contributed by atoms with Crippen LogP contribution in [0.1, 0.15) is 11.3 Å². The molecule has 0 aliphatic heterocycles. The minimum absolute atomic E-state index is 0.544. The third kappa shape index (κ3) is 2.61. The molecule has 0 aliphatic rings. The number of aliphatic imine (C=N–C) groups is 1. The first-order chi connectivity index (χ1) is 8.20. The molecule has 0 atom stereocenters. The smallest absolute Gasteiger partial charge is 0.240 e. The van der Waals surface area contributed by atoms with Gasteiger partial charge in [0, 0.05) is 18.5 Å². The Hall–Kier alpha value is -1.90. The van der Waals surface area contributed by atoms with Crippen molar-refractivity contribution in [3.63, 3.8) is 0 Å². The summed E-state index contributed by atoms with van der Waals surface area (Å²) in [6.07, 6.45) is 3.70. The number of benzene rings is 1. The largest absolute Gasteiger partial charge is 0.270 e. The minimum Gasteiger partial charge on any atom is -0.270 e. The van der Waals surface area contributed by atoms with Gasteiger partial charge < -0.3 is 0 Å². The van der Waals surface area contributed by atoms with Crippen molar-refractivity contribution in [3.05, 3.63) is 46.7 Å². The van der Waals surface area contributed by atoms with Gasteiger partial charge in [-0.2, -0.15) is 10.1 Å². The second kappa shape index (κ2) is 4.95. The molecule has 5 heteroatoms. The molecular formula is C12H10ClN3O. The summed E-state index contributed by atoms with van der Waals surface area (Å²) in [4.78, 5) is 13.9. The van der Waals surface area contributed by atoms with E-state index >= 15 is 0 Å². The number of carbonyl (C=O) groups excluding carboxylic acids is 1. The van der Waals surface area contributed by atoms with Gasteiger partial charge in [-0.3, -0.25) is 4.68 Å². The molecule has 0 unspecified atom stereocenters. The van der Waals surface area contributed by atoms with Crippen molar-refractivity contribution in [2.75, 3.05) is 0 Å². The number of rotatable bonds is 3. The van der Waals surface area contributed by atoms with E-state index in [0.717, 1.165) is 11.3 Å². The molecular weight excluding hydrogens is 238 g/mol. The van der Waals surface area contributed by atoms with Crippen LogP contribution in [0.15, 0.2) is 35.5 Å². The number of isocyanates is 1. The van der Waals surface area contributed by atoms with Crippen LogP contribution in [0, 0.1) is 0 Å². The summed E-state index contributed by atoms with van der Waals surface area (Å²) < 4.78 is 1.69. The Labute approximate surface area is 104 Å². The summed E-state index contributed by atoms with van der Waals surface area (Å²) in [7, 11) is 1.81. The average molecular weight is 248 g/mol. The summed E-state index contributed by atoms with van der Waals surface area (Å²) in [5.74, 6) is 0. The zero-order valence-corrected chi connectivity index (χ0v) is 9.98. The third-order valence-corrected chi connectivity index (χ3v) is 2.70. The molecule has 1 aromatic heterocycles. The Kier molecular flexibility index (Phi) is 3.38. The van der Waals surface area contributed by atoms with Crippen LogP contribution in [0.4, 0.5) is 5.69 Å². The van der Waals surface area contributed by atoms with Gasteiger partial charge in [0.2, 0.25) is 6.08 Å². The minimum atomic E-state index is 0.544. The summed E-state index contributed by atoms with van der Waals surface area (Å²) in [6, 6.07) is 7.55. The van der Waals surface area contributed by atoms with Crippen molar-refractivity contribution in [2.45, 2.75) is 6.42 Å². The fourth-order valence-electron chi connectivity index (χ4n) is 1.64. The van der Waals surface area contributed by atoms with E-state index in [1.165, 1.54) is 6.08 Å². The van der Waals surface area contributed by atoms with Crippen LogP contribution in [-0.2, 0) is 18.3 Å². The first kappa shape index (κ1) is 11.6.